The van der Waals surface area contributed by atoms with Crippen LogP contribution in [0.15, 0.2) is 0 Å². The highest BCUT2D eigenvalue weighted by molar-refractivity contribution is 5.80. The third-order valence-electron chi connectivity index (χ3n) is 6.60. The number of amides is 1. The van der Waals surface area contributed by atoms with Crippen molar-refractivity contribution in [3.05, 3.63) is 0 Å². The Morgan fingerprint density at radius 3 is 2.12 bits per heavy atom. The van der Waals surface area contributed by atoms with E-state index in [1.807, 2.05) is 11.8 Å². The molecule has 138 valence electrons. The maximum atomic E-state index is 12.5. The van der Waals surface area contributed by atoms with E-state index in [2.05, 4.69) is 0 Å². The largest absolute Gasteiger partial charge is 0.365 e. The van der Waals surface area contributed by atoms with Crippen molar-refractivity contribution in [1.82, 2.24) is 4.90 Å². The normalized spacial score (nSPS) is 31.0. The maximum absolute atomic E-state index is 12.5. The van der Waals surface area contributed by atoms with Crippen molar-refractivity contribution in [2.24, 2.45) is 11.8 Å². The Morgan fingerprint density at radius 1 is 0.875 bits per heavy atom. The number of nitrogens with zero attached hydrogens (tertiary/aromatic N) is 1. The van der Waals surface area contributed by atoms with Crippen LogP contribution in [0, 0.1) is 11.8 Å². The van der Waals surface area contributed by atoms with E-state index < -0.39 is 0 Å². The molecule has 3 heteroatoms. The molecule has 3 nitrogen and oxygen atoms in total. The van der Waals surface area contributed by atoms with Gasteiger partial charge in [-0.2, -0.15) is 0 Å². The highest BCUT2D eigenvalue weighted by Crippen LogP contribution is 2.36. The molecule has 1 amide bonds. The maximum Gasteiger partial charge on any atom is 0.251 e. The zero-order valence-electron chi connectivity index (χ0n) is 15.7. The molecular weight excluding hydrogens is 298 g/mol. The molecule has 0 bridgehead atoms. The summed E-state index contributed by atoms with van der Waals surface area (Å²) in [7, 11) is 0. The van der Waals surface area contributed by atoms with Gasteiger partial charge in [-0.15, -0.1) is 0 Å². The second-order valence-corrected chi connectivity index (χ2v) is 8.55. The summed E-state index contributed by atoms with van der Waals surface area (Å²) < 4.78 is 6.15. The predicted molar refractivity (Wildman–Crippen MR) is 97.9 cm³/mol. The van der Waals surface area contributed by atoms with Gasteiger partial charge in [0.15, 0.2) is 0 Å². The standard InChI is InChI=1S/C21H37NO2/c1-17(21(23)22-14-6-3-7-15-22)24-20-12-10-19(11-13-20)16-18-8-4-2-5-9-18/h17-20H,2-16H2,1H3. The number of ether oxygens (including phenoxy) is 1. The number of piperidine rings is 1. The van der Waals surface area contributed by atoms with Gasteiger partial charge in [-0.05, 0) is 70.1 Å². The number of carbonyl (C=O) groups is 1. The summed E-state index contributed by atoms with van der Waals surface area (Å²) in [5.41, 5.74) is 0. The Morgan fingerprint density at radius 2 is 1.46 bits per heavy atom. The second kappa shape index (κ2) is 9.22. The highest BCUT2D eigenvalue weighted by atomic mass is 16.5. The van der Waals surface area contributed by atoms with E-state index in [1.165, 1.54) is 57.8 Å². The van der Waals surface area contributed by atoms with E-state index in [0.29, 0.717) is 6.10 Å². The van der Waals surface area contributed by atoms with Gasteiger partial charge in [-0.25, -0.2) is 0 Å². The van der Waals surface area contributed by atoms with Crippen LogP contribution >= 0.6 is 0 Å². The van der Waals surface area contributed by atoms with Crippen molar-refractivity contribution in [2.75, 3.05) is 13.1 Å². The van der Waals surface area contributed by atoms with E-state index in [4.69, 9.17) is 4.74 Å². The molecule has 1 aliphatic heterocycles. The van der Waals surface area contributed by atoms with Gasteiger partial charge >= 0.3 is 0 Å². The highest BCUT2D eigenvalue weighted by Gasteiger charge is 2.29. The van der Waals surface area contributed by atoms with Gasteiger partial charge in [-0.3, -0.25) is 4.79 Å². The van der Waals surface area contributed by atoms with E-state index in [9.17, 15) is 4.79 Å². The van der Waals surface area contributed by atoms with Crippen molar-refractivity contribution in [3.63, 3.8) is 0 Å². The molecule has 1 atom stereocenters. The van der Waals surface area contributed by atoms with Gasteiger partial charge in [0.2, 0.25) is 0 Å². The number of likely N-dealkylation sites (tertiary alicyclic amines) is 1. The fraction of sp³-hybridized carbons (Fsp3) is 0.952. The average molecular weight is 336 g/mol. The minimum atomic E-state index is -0.247. The monoisotopic (exact) mass is 335 g/mol. The topological polar surface area (TPSA) is 29.5 Å². The summed E-state index contributed by atoms with van der Waals surface area (Å²) in [5, 5.41) is 0. The van der Waals surface area contributed by atoms with Crippen LogP contribution in [0.1, 0.15) is 90.4 Å². The zero-order chi connectivity index (χ0) is 16.8. The molecular formula is C21H37NO2. The van der Waals surface area contributed by atoms with Gasteiger partial charge < -0.3 is 9.64 Å². The van der Waals surface area contributed by atoms with Gasteiger partial charge in [-0.1, -0.05) is 32.1 Å². The Balaban J connectivity index is 1.36. The fourth-order valence-corrected chi connectivity index (χ4v) is 5.12. The van der Waals surface area contributed by atoms with Gasteiger partial charge in [0.05, 0.1) is 6.10 Å². The lowest BCUT2D eigenvalue weighted by Gasteiger charge is -2.34. The minimum Gasteiger partial charge on any atom is -0.365 e. The molecule has 3 fully saturated rings. The molecule has 2 aliphatic carbocycles. The Bertz CT molecular complexity index is 377. The zero-order valence-corrected chi connectivity index (χ0v) is 15.7. The van der Waals surface area contributed by atoms with Crippen LogP contribution in [0.3, 0.4) is 0 Å². The first-order valence-electron chi connectivity index (χ1n) is 10.7. The lowest BCUT2D eigenvalue weighted by Crippen LogP contribution is -2.43. The first-order chi connectivity index (χ1) is 11.7. The number of carbonyl (C=O) groups excluding carboxylic acids is 1. The van der Waals surface area contributed by atoms with Crippen molar-refractivity contribution in [3.8, 4) is 0 Å². The third kappa shape index (κ3) is 5.21. The molecule has 0 aromatic heterocycles. The summed E-state index contributed by atoms with van der Waals surface area (Å²) in [6, 6.07) is 0. The van der Waals surface area contributed by atoms with Gasteiger partial charge in [0.1, 0.15) is 6.10 Å². The number of rotatable bonds is 5. The Hall–Kier alpha value is -0.570. The van der Waals surface area contributed by atoms with Crippen LogP contribution in [0.25, 0.3) is 0 Å². The Kier molecular flexibility index (Phi) is 7.00. The predicted octanol–water partition coefficient (Wildman–Crippen LogP) is 4.93. The minimum absolute atomic E-state index is 0.221. The summed E-state index contributed by atoms with van der Waals surface area (Å²) in [6.45, 7) is 3.83. The van der Waals surface area contributed by atoms with E-state index in [1.54, 1.807) is 0 Å². The molecule has 1 heterocycles. The van der Waals surface area contributed by atoms with Gasteiger partial charge in [0.25, 0.3) is 5.91 Å². The summed E-state index contributed by atoms with van der Waals surface area (Å²) in [6.07, 6.45) is 17.4. The van der Waals surface area contributed by atoms with Crippen LogP contribution in [-0.4, -0.2) is 36.1 Å². The SMILES string of the molecule is CC(OC1CCC(CC2CCCCC2)CC1)C(=O)N1CCCCC1. The molecule has 1 saturated heterocycles. The molecule has 0 N–H and O–H groups in total. The summed E-state index contributed by atoms with van der Waals surface area (Å²) >= 11 is 0. The third-order valence-corrected chi connectivity index (χ3v) is 6.60. The molecule has 0 aromatic carbocycles. The second-order valence-electron chi connectivity index (χ2n) is 8.55. The molecule has 2 saturated carbocycles. The lowest BCUT2D eigenvalue weighted by molar-refractivity contribution is -0.148. The smallest absolute Gasteiger partial charge is 0.251 e. The van der Waals surface area contributed by atoms with E-state index >= 15 is 0 Å². The summed E-state index contributed by atoms with van der Waals surface area (Å²) in [4.78, 5) is 14.5. The van der Waals surface area contributed by atoms with Crippen LogP contribution < -0.4 is 0 Å². The van der Waals surface area contributed by atoms with Crippen molar-refractivity contribution >= 4 is 5.91 Å². The number of hydrogen-bond donors (Lipinski definition) is 0. The molecule has 0 aromatic rings. The Labute approximate surface area is 148 Å². The van der Waals surface area contributed by atoms with Crippen molar-refractivity contribution < 1.29 is 9.53 Å². The molecule has 0 spiro atoms. The van der Waals surface area contributed by atoms with Crippen LogP contribution in [0.5, 0.6) is 0 Å². The van der Waals surface area contributed by atoms with Crippen molar-refractivity contribution in [1.29, 1.82) is 0 Å². The lowest BCUT2D eigenvalue weighted by atomic mass is 9.77. The van der Waals surface area contributed by atoms with Crippen LogP contribution in [0.4, 0.5) is 0 Å². The van der Waals surface area contributed by atoms with Crippen LogP contribution in [-0.2, 0) is 9.53 Å². The fourth-order valence-electron chi connectivity index (χ4n) is 5.12. The summed E-state index contributed by atoms with van der Waals surface area (Å²) in [5.74, 6) is 2.14. The first kappa shape index (κ1) is 18.2. The van der Waals surface area contributed by atoms with E-state index in [-0.39, 0.29) is 12.0 Å². The molecule has 1 unspecified atom stereocenters. The first-order valence-corrected chi connectivity index (χ1v) is 10.7. The van der Waals surface area contributed by atoms with Gasteiger partial charge in [0, 0.05) is 13.1 Å². The number of hydrogen-bond acceptors (Lipinski definition) is 2. The van der Waals surface area contributed by atoms with Crippen LogP contribution in [0.2, 0.25) is 0 Å². The quantitative estimate of drug-likeness (QED) is 0.712. The molecule has 3 aliphatic rings. The van der Waals surface area contributed by atoms with E-state index in [0.717, 1.165) is 50.6 Å². The molecule has 0 radical (unpaired) electrons. The molecule has 3 rings (SSSR count). The molecule has 24 heavy (non-hydrogen) atoms. The average Bonchev–Trinajstić information content (AvgIpc) is 2.64. The van der Waals surface area contributed by atoms with Crippen molar-refractivity contribution in [2.45, 2.75) is 103 Å².